The van der Waals surface area contributed by atoms with E-state index in [1.165, 1.54) is 6.07 Å². The van der Waals surface area contributed by atoms with Crippen molar-refractivity contribution in [3.8, 4) is 0 Å². The van der Waals surface area contributed by atoms with Gasteiger partial charge in [0.05, 0.1) is 0 Å². The fourth-order valence-corrected chi connectivity index (χ4v) is 0.826. The van der Waals surface area contributed by atoms with Crippen LogP contribution in [0.1, 0.15) is 11.6 Å². The lowest BCUT2D eigenvalue weighted by atomic mass is 10.1. The minimum Gasteiger partial charge on any atom is -0.329 e. The van der Waals surface area contributed by atoms with Gasteiger partial charge in [-0.05, 0) is 12.1 Å². The summed E-state index contributed by atoms with van der Waals surface area (Å²) in [7, 11) is 0. The van der Waals surface area contributed by atoms with E-state index in [1.807, 2.05) is 0 Å². The van der Waals surface area contributed by atoms with E-state index in [0.29, 0.717) is 0 Å². The second-order valence-electron chi connectivity index (χ2n) is 2.36. The summed E-state index contributed by atoms with van der Waals surface area (Å²) >= 11 is 0. The van der Waals surface area contributed by atoms with Crippen molar-refractivity contribution in [2.24, 2.45) is 11.5 Å². The average molecular weight is 173 g/mol. The summed E-state index contributed by atoms with van der Waals surface area (Å²) in [5.41, 5.74) is 10.8. The van der Waals surface area contributed by atoms with Crippen LogP contribution in [0.2, 0.25) is 0 Å². The van der Waals surface area contributed by atoms with Crippen molar-refractivity contribution >= 4 is 0 Å². The lowest BCUT2D eigenvalue weighted by Crippen LogP contribution is -2.22. The molecule has 0 amide bonds. The fraction of sp³-hybridized carbons (Fsp3) is 0.286. The molecule has 1 rings (SSSR count). The van der Waals surface area contributed by atoms with E-state index < -0.39 is 17.9 Å². The Bertz CT molecular complexity index is 277. The van der Waals surface area contributed by atoms with Crippen LogP contribution in [0, 0.1) is 11.9 Å². The number of nitrogens with two attached hydrogens (primary N) is 2. The van der Waals surface area contributed by atoms with Gasteiger partial charge in [-0.1, -0.05) is 0 Å². The zero-order valence-electron chi connectivity index (χ0n) is 6.30. The van der Waals surface area contributed by atoms with Gasteiger partial charge in [0.25, 0.3) is 0 Å². The van der Waals surface area contributed by atoms with Crippen LogP contribution in [-0.4, -0.2) is 11.5 Å². The van der Waals surface area contributed by atoms with Crippen LogP contribution < -0.4 is 11.5 Å². The molecule has 3 nitrogen and oxygen atoms in total. The zero-order chi connectivity index (χ0) is 9.14. The molecule has 0 bridgehead atoms. The molecule has 4 N–H and O–H groups in total. The van der Waals surface area contributed by atoms with Gasteiger partial charge in [-0.25, -0.2) is 0 Å². The van der Waals surface area contributed by atoms with Crippen molar-refractivity contribution in [2.75, 3.05) is 6.54 Å². The van der Waals surface area contributed by atoms with Crippen LogP contribution in [0.5, 0.6) is 0 Å². The number of rotatable bonds is 2. The average Bonchev–Trinajstić information content (AvgIpc) is 2.03. The van der Waals surface area contributed by atoms with E-state index in [9.17, 15) is 8.78 Å². The second kappa shape index (κ2) is 3.55. The first-order chi connectivity index (χ1) is 5.65. The van der Waals surface area contributed by atoms with Gasteiger partial charge in [0, 0.05) is 18.2 Å². The minimum atomic E-state index is -0.895. The molecule has 0 saturated carbocycles. The van der Waals surface area contributed by atoms with E-state index in [1.54, 1.807) is 0 Å². The third-order valence-electron chi connectivity index (χ3n) is 1.50. The van der Waals surface area contributed by atoms with Crippen LogP contribution in [0.3, 0.4) is 0 Å². The molecule has 1 atom stereocenters. The van der Waals surface area contributed by atoms with Crippen LogP contribution in [0.4, 0.5) is 8.78 Å². The molecule has 0 aliphatic carbocycles. The largest absolute Gasteiger partial charge is 0.329 e. The summed E-state index contributed by atoms with van der Waals surface area (Å²) < 4.78 is 25.1. The van der Waals surface area contributed by atoms with Gasteiger partial charge in [0.2, 0.25) is 11.9 Å². The zero-order valence-corrected chi connectivity index (χ0v) is 6.30. The number of nitrogens with zero attached hydrogens (tertiary/aromatic N) is 1. The van der Waals surface area contributed by atoms with Crippen molar-refractivity contribution in [3.05, 3.63) is 29.6 Å². The first-order valence-electron chi connectivity index (χ1n) is 3.42. The summed E-state index contributed by atoms with van der Waals surface area (Å²) in [6, 6.07) is 1.67. The van der Waals surface area contributed by atoms with E-state index in [2.05, 4.69) is 4.98 Å². The van der Waals surface area contributed by atoms with Crippen molar-refractivity contribution in [1.29, 1.82) is 0 Å². The Morgan fingerprint density at radius 1 is 1.42 bits per heavy atom. The Hall–Kier alpha value is -1.07. The molecule has 0 unspecified atom stereocenters. The molecule has 1 aromatic heterocycles. The molecule has 0 aliphatic heterocycles. The molecule has 0 aromatic carbocycles. The summed E-state index contributed by atoms with van der Waals surface area (Å²) in [6.45, 7) is 0.101. The highest BCUT2D eigenvalue weighted by Crippen LogP contribution is 2.11. The maximum absolute atomic E-state index is 12.8. The van der Waals surface area contributed by atoms with Crippen LogP contribution in [0.15, 0.2) is 12.1 Å². The topological polar surface area (TPSA) is 64.9 Å². The predicted molar refractivity (Wildman–Crippen MR) is 40.1 cm³/mol. The van der Waals surface area contributed by atoms with Crippen LogP contribution in [0.25, 0.3) is 0 Å². The van der Waals surface area contributed by atoms with E-state index in [0.717, 1.165) is 6.07 Å². The Labute approximate surface area is 68.4 Å². The van der Waals surface area contributed by atoms with Crippen molar-refractivity contribution in [1.82, 2.24) is 4.98 Å². The van der Waals surface area contributed by atoms with Crippen LogP contribution in [-0.2, 0) is 0 Å². The van der Waals surface area contributed by atoms with E-state index >= 15 is 0 Å². The molecular weight excluding hydrogens is 164 g/mol. The highest BCUT2D eigenvalue weighted by atomic mass is 19.1. The highest BCUT2D eigenvalue weighted by molar-refractivity contribution is 5.15. The summed E-state index contributed by atoms with van der Waals surface area (Å²) in [5.74, 6) is -1.76. The van der Waals surface area contributed by atoms with Crippen molar-refractivity contribution in [3.63, 3.8) is 0 Å². The Morgan fingerprint density at radius 2 is 2.08 bits per heavy atom. The Kier molecular flexibility index (Phi) is 2.67. The van der Waals surface area contributed by atoms with Crippen molar-refractivity contribution in [2.45, 2.75) is 6.04 Å². The van der Waals surface area contributed by atoms with Crippen molar-refractivity contribution < 1.29 is 8.78 Å². The second-order valence-corrected chi connectivity index (χ2v) is 2.36. The van der Waals surface area contributed by atoms with Gasteiger partial charge < -0.3 is 11.5 Å². The van der Waals surface area contributed by atoms with Gasteiger partial charge in [-0.15, -0.1) is 0 Å². The lowest BCUT2D eigenvalue weighted by molar-refractivity contribution is 0.492. The smallest absolute Gasteiger partial charge is 0.220 e. The number of hydrogen-bond donors (Lipinski definition) is 2. The summed E-state index contributed by atoms with van der Waals surface area (Å²) in [4.78, 5) is 2.97. The third-order valence-corrected chi connectivity index (χ3v) is 1.50. The quantitative estimate of drug-likeness (QED) is 0.633. The molecule has 0 fully saturated rings. The summed E-state index contributed by atoms with van der Waals surface area (Å²) in [5, 5.41) is 0. The van der Waals surface area contributed by atoms with Gasteiger partial charge >= 0.3 is 0 Å². The molecule has 12 heavy (non-hydrogen) atoms. The van der Waals surface area contributed by atoms with Crippen LogP contribution >= 0.6 is 0 Å². The molecule has 0 spiro atoms. The normalized spacial score (nSPS) is 13.0. The molecule has 66 valence electrons. The molecule has 1 aromatic rings. The number of pyridine rings is 1. The summed E-state index contributed by atoms with van der Waals surface area (Å²) in [6.07, 6.45) is 0. The molecule has 1 heterocycles. The van der Waals surface area contributed by atoms with E-state index in [-0.39, 0.29) is 12.1 Å². The maximum Gasteiger partial charge on any atom is 0.220 e. The first kappa shape index (κ1) is 9.02. The molecule has 0 saturated heterocycles. The minimum absolute atomic E-state index is 0.101. The molecule has 0 radical (unpaired) electrons. The number of aromatic nitrogens is 1. The highest BCUT2D eigenvalue weighted by Gasteiger charge is 2.11. The lowest BCUT2D eigenvalue weighted by Gasteiger charge is -2.08. The van der Waals surface area contributed by atoms with Gasteiger partial charge in [-0.2, -0.15) is 13.8 Å². The number of hydrogen-bond acceptors (Lipinski definition) is 3. The molecule has 0 aliphatic rings. The van der Waals surface area contributed by atoms with Gasteiger partial charge in [-0.3, -0.25) is 0 Å². The number of halogens is 2. The third kappa shape index (κ3) is 1.75. The van der Waals surface area contributed by atoms with Gasteiger partial charge in [0.15, 0.2) is 0 Å². The monoisotopic (exact) mass is 173 g/mol. The SMILES string of the molecule is NC[C@@H](N)c1ccc(F)nc1F. The molecular formula is C7H9F2N3. The predicted octanol–water partition coefficient (Wildman–Crippen LogP) is 0.318. The Balaban J connectivity index is 3.01. The maximum atomic E-state index is 12.8. The first-order valence-corrected chi connectivity index (χ1v) is 3.42. The Morgan fingerprint density at radius 3 is 2.58 bits per heavy atom. The molecule has 5 heteroatoms. The van der Waals surface area contributed by atoms with E-state index in [4.69, 9.17) is 11.5 Å². The van der Waals surface area contributed by atoms with Gasteiger partial charge in [0.1, 0.15) is 0 Å². The fourth-order valence-electron chi connectivity index (χ4n) is 0.826. The standard InChI is InChI=1S/C7H9F2N3/c8-6-2-1-4(5(11)3-10)7(9)12-6/h1-2,5H,3,10-11H2/t5-/m1/s1.